The molecular formula is C19H19N5O5. The number of carbonyl (C=O) groups is 1. The van der Waals surface area contributed by atoms with Crippen LogP contribution in [0, 0.1) is 0 Å². The fraction of sp³-hybridized carbons (Fsp3) is 0.263. The van der Waals surface area contributed by atoms with Crippen LogP contribution in [-0.2, 0) is 20.9 Å². The van der Waals surface area contributed by atoms with Gasteiger partial charge in [-0.3, -0.25) is 4.57 Å². The van der Waals surface area contributed by atoms with E-state index in [0.29, 0.717) is 11.2 Å². The van der Waals surface area contributed by atoms with E-state index in [1.54, 1.807) is 0 Å². The summed E-state index contributed by atoms with van der Waals surface area (Å²) >= 11 is 0. The Morgan fingerprint density at radius 3 is 2.79 bits per heavy atom. The number of hydrogen-bond donors (Lipinski definition) is 3. The molecule has 3 heterocycles. The van der Waals surface area contributed by atoms with Gasteiger partial charge in [-0.2, -0.15) is 0 Å². The third-order valence-electron chi connectivity index (χ3n) is 4.58. The number of nitrogen functional groups attached to an aromatic ring is 1. The first-order valence-electron chi connectivity index (χ1n) is 8.88. The van der Waals surface area contributed by atoms with Crippen molar-refractivity contribution in [2.45, 2.75) is 31.1 Å². The molecular weight excluding hydrogens is 378 g/mol. The van der Waals surface area contributed by atoms with E-state index in [2.05, 4.69) is 15.0 Å². The summed E-state index contributed by atoms with van der Waals surface area (Å²) in [7, 11) is 0. The summed E-state index contributed by atoms with van der Waals surface area (Å²) in [5, 5.41) is 20.7. The Hall–Kier alpha value is -3.34. The van der Waals surface area contributed by atoms with Gasteiger partial charge in [0.1, 0.15) is 36.8 Å². The maximum Gasteiger partial charge on any atom is 0.330 e. The molecule has 1 aliphatic heterocycles. The van der Waals surface area contributed by atoms with Gasteiger partial charge in [-0.05, 0) is 11.6 Å². The molecule has 1 saturated heterocycles. The van der Waals surface area contributed by atoms with E-state index in [4.69, 9.17) is 15.2 Å². The average molecular weight is 397 g/mol. The fourth-order valence-electron chi connectivity index (χ4n) is 3.08. The lowest BCUT2D eigenvalue weighted by molar-refractivity contribution is -0.139. The zero-order valence-electron chi connectivity index (χ0n) is 15.2. The first-order chi connectivity index (χ1) is 14.0. The summed E-state index contributed by atoms with van der Waals surface area (Å²) < 4.78 is 12.3. The normalized spacial score (nSPS) is 24.3. The monoisotopic (exact) mass is 397 g/mol. The highest BCUT2D eigenvalue weighted by Crippen LogP contribution is 2.32. The van der Waals surface area contributed by atoms with Gasteiger partial charge in [0.25, 0.3) is 0 Å². The maximum atomic E-state index is 11.9. The number of esters is 1. The summed E-state index contributed by atoms with van der Waals surface area (Å²) in [5.41, 5.74) is 7.35. The van der Waals surface area contributed by atoms with E-state index in [-0.39, 0.29) is 12.4 Å². The first-order valence-corrected chi connectivity index (χ1v) is 8.88. The van der Waals surface area contributed by atoms with E-state index in [1.807, 2.05) is 30.3 Å². The lowest BCUT2D eigenvalue weighted by Gasteiger charge is -2.16. The number of anilines is 1. The third-order valence-corrected chi connectivity index (χ3v) is 4.58. The lowest BCUT2D eigenvalue weighted by Crippen LogP contribution is -2.30. The summed E-state index contributed by atoms with van der Waals surface area (Å²) in [6.45, 7) is 0.130. The number of carbonyl (C=O) groups excluding carboxylic acids is 1. The van der Waals surface area contributed by atoms with Crippen molar-refractivity contribution < 1.29 is 24.5 Å². The Kier molecular flexibility index (Phi) is 5.21. The number of benzene rings is 1. The number of aromatic nitrogens is 4. The molecule has 2 aromatic heterocycles. The van der Waals surface area contributed by atoms with Crippen molar-refractivity contribution in [2.75, 3.05) is 5.73 Å². The number of hydrogen-bond acceptors (Lipinski definition) is 9. The van der Waals surface area contributed by atoms with E-state index in [9.17, 15) is 15.0 Å². The fourth-order valence-corrected chi connectivity index (χ4v) is 3.08. The van der Waals surface area contributed by atoms with Crippen LogP contribution in [-0.4, -0.2) is 54.0 Å². The molecule has 0 radical (unpaired) electrons. The van der Waals surface area contributed by atoms with Gasteiger partial charge in [0.2, 0.25) is 0 Å². The molecule has 4 rings (SSSR count). The number of aliphatic hydroxyl groups excluding tert-OH is 2. The van der Waals surface area contributed by atoms with Crippen molar-refractivity contribution in [3.63, 3.8) is 0 Å². The largest absolute Gasteiger partial charge is 0.458 e. The molecule has 3 aromatic rings. The van der Waals surface area contributed by atoms with Crippen LogP contribution in [0.4, 0.5) is 5.82 Å². The Bertz CT molecular complexity index is 1040. The van der Waals surface area contributed by atoms with Crippen molar-refractivity contribution in [1.82, 2.24) is 19.5 Å². The molecule has 150 valence electrons. The van der Waals surface area contributed by atoms with Gasteiger partial charge in [0.15, 0.2) is 17.7 Å². The molecule has 1 aromatic carbocycles. The highest BCUT2D eigenvalue weighted by atomic mass is 16.6. The van der Waals surface area contributed by atoms with Crippen LogP contribution >= 0.6 is 0 Å². The van der Waals surface area contributed by atoms with Crippen molar-refractivity contribution >= 4 is 23.0 Å². The van der Waals surface area contributed by atoms with Gasteiger partial charge in [-0.1, -0.05) is 30.3 Å². The van der Waals surface area contributed by atoms with Crippen LogP contribution in [0.3, 0.4) is 0 Å². The third kappa shape index (κ3) is 3.81. The molecule has 10 heteroatoms. The van der Waals surface area contributed by atoms with Crippen molar-refractivity contribution in [2.24, 2.45) is 0 Å². The zero-order valence-corrected chi connectivity index (χ0v) is 15.2. The van der Waals surface area contributed by atoms with Crippen molar-refractivity contribution in [1.29, 1.82) is 0 Å². The minimum atomic E-state index is -1.27. The molecule has 0 saturated carbocycles. The van der Waals surface area contributed by atoms with Crippen molar-refractivity contribution in [3.8, 4) is 0 Å². The SMILES string of the molecule is Nc1ncnc2c1ncn2[C@@H]1O[C@H](/C=C/C(=O)OCc2ccccc2)[C@@H](O)[C@H]1O. The molecule has 0 bridgehead atoms. The van der Waals surface area contributed by atoms with E-state index >= 15 is 0 Å². The van der Waals surface area contributed by atoms with Crippen LogP contribution in [0.5, 0.6) is 0 Å². The summed E-state index contributed by atoms with van der Waals surface area (Å²) in [6.07, 6.45) is 0.787. The Morgan fingerprint density at radius 2 is 2.00 bits per heavy atom. The minimum absolute atomic E-state index is 0.130. The number of imidazole rings is 1. The highest BCUT2D eigenvalue weighted by Gasteiger charge is 2.43. The number of nitrogens with zero attached hydrogens (tertiary/aromatic N) is 4. The molecule has 0 spiro atoms. The lowest BCUT2D eigenvalue weighted by atomic mass is 10.1. The second kappa shape index (κ2) is 7.95. The van der Waals surface area contributed by atoms with Gasteiger partial charge in [0.05, 0.1) is 6.33 Å². The number of fused-ring (bicyclic) bond motifs is 1. The van der Waals surface area contributed by atoms with Crippen LogP contribution in [0.1, 0.15) is 11.8 Å². The number of aliphatic hydroxyl groups is 2. The van der Waals surface area contributed by atoms with Crippen LogP contribution in [0.15, 0.2) is 55.1 Å². The smallest absolute Gasteiger partial charge is 0.330 e. The first kappa shape index (κ1) is 19.0. The summed E-state index contributed by atoms with van der Waals surface area (Å²) in [4.78, 5) is 24.0. The summed E-state index contributed by atoms with van der Waals surface area (Å²) in [5.74, 6) is -0.393. The predicted octanol–water partition coefficient (Wildman–Crippen LogP) is 0.327. The van der Waals surface area contributed by atoms with Crippen LogP contribution in [0.2, 0.25) is 0 Å². The summed E-state index contributed by atoms with van der Waals surface area (Å²) in [6, 6.07) is 9.25. The standard InChI is InChI=1S/C19H19N5O5/c20-17-14-18(22-9-21-17)24(10-23-14)19-16(27)15(26)12(29-19)6-7-13(25)28-8-11-4-2-1-3-5-11/h1-7,9-10,12,15-16,19,26-27H,8H2,(H2,20,21,22)/b7-6+/t12-,15-,16-,19-/m1/s1. The van der Waals surface area contributed by atoms with E-state index in [1.165, 1.54) is 23.3 Å². The number of nitrogens with two attached hydrogens (primary N) is 1. The highest BCUT2D eigenvalue weighted by molar-refractivity contribution is 5.82. The Morgan fingerprint density at radius 1 is 1.21 bits per heavy atom. The molecule has 0 unspecified atom stereocenters. The second-order valence-electron chi connectivity index (χ2n) is 6.51. The maximum absolute atomic E-state index is 11.9. The van der Waals surface area contributed by atoms with E-state index < -0.39 is 30.5 Å². The van der Waals surface area contributed by atoms with Crippen LogP contribution < -0.4 is 5.73 Å². The molecule has 29 heavy (non-hydrogen) atoms. The van der Waals surface area contributed by atoms with Gasteiger partial charge in [0, 0.05) is 6.08 Å². The average Bonchev–Trinajstić information content (AvgIpc) is 3.28. The molecule has 0 aliphatic carbocycles. The Labute approximate surface area is 165 Å². The van der Waals surface area contributed by atoms with Crippen molar-refractivity contribution in [3.05, 3.63) is 60.7 Å². The zero-order chi connectivity index (χ0) is 20.4. The van der Waals surface area contributed by atoms with Gasteiger partial charge >= 0.3 is 5.97 Å². The molecule has 4 N–H and O–H groups in total. The van der Waals surface area contributed by atoms with Gasteiger partial charge < -0.3 is 25.4 Å². The number of ether oxygens (including phenoxy) is 2. The molecule has 10 nitrogen and oxygen atoms in total. The molecule has 4 atom stereocenters. The van der Waals surface area contributed by atoms with Gasteiger partial charge in [-0.15, -0.1) is 0 Å². The molecule has 1 aliphatic rings. The van der Waals surface area contributed by atoms with Gasteiger partial charge in [-0.25, -0.2) is 19.7 Å². The predicted molar refractivity (Wildman–Crippen MR) is 101 cm³/mol. The number of rotatable bonds is 5. The topological polar surface area (TPSA) is 146 Å². The molecule has 1 fully saturated rings. The Balaban J connectivity index is 1.43. The molecule has 0 amide bonds. The quantitative estimate of drug-likeness (QED) is 0.409. The van der Waals surface area contributed by atoms with Crippen LogP contribution in [0.25, 0.3) is 11.2 Å². The minimum Gasteiger partial charge on any atom is -0.458 e. The second-order valence-corrected chi connectivity index (χ2v) is 6.51. The van der Waals surface area contributed by atoms with E-state index in [0.717, 1.165) is 11.6 Å².